The maximum atomic E-state index is 12.7. The van der Waals surface area contributed by atoms with Crippen molar-refractivity contribution >= 4 is 37.3 Å². The van der Waals surface area contributed by atoms with Crippen LogP contribution >= 0.6 is 27.3 Å². The first-order chi connectivity index (χ1) is 8.99. The van der Waals surface area contributed by atoms with Crippen molar-refractivity contribution in [3.8, 4) is 0 Å². The topological polar surface area (TPSA) is 46.2 Å². The smallest absolute Gasteiger partial charge is 0.210 e. The van der Waals surface area contributed by atoms with Crippen LogP contribution in [0.4, 0.5) is 4.39 Å². The van der Waals surface area contributed by atoms with E-state index in [9.17, 15) is 12.8 Å². The third-order valence-corrected chi connectivity index (χ3v) is 6.58. The van der Waals surface area contributed by atoms with Crippen LogP contribution in [0.5, 0.6) is 0 Å². The van der Waals surface area contributed by atoms with Crippen molar-refractivity contribution in [2.45, 2.75) is 10.6 Å². The number of benzene rings is 1. The molecule has 0 saturated heterocycles. The summed E-state index contributed by atoms with van der Waals surface area (Å²) < 4.78 is 40.0. The van der Waals surface area contributed by atoms with Gasteiger partial charge in [-0.3, -0.25) is 0 Å². The van der Waals surface area contributed by atoms with E-state index >= 15 is 0 Å². The third-order valence-electron chi connectivity index (χ3n) is 2.45. The molecule has 0 aliphatic rings. The molecule has 0 bridgehead atoms. The lowest BCUT2D eigenvalue weighted by Gasteiger charge is -2.05. The predicted octanol–water partition coefficient (Wildman–Crippen LogP) is 3.17. The monoisotopic (exact) mass is 363 g/mol. The van der Waals surface area contributed by atoms with Crippen LogP contribution in [0.1, 0.15) is 5.56 Å². The Kier molecular flexibility index (Phi) is 4.72. The van der Waals surface area contributed by atoms with E-state index in [0.717, 1.165) is 16.9 Å². The van der Waals surface area contributed by atoms with Gasteiger partial charge in [0.1, 0.15) is 10.0 Å². The summed E-state index contributed by atoms with van der Waals surface area (Å²) in [5, 5.41) is 1.71. The quantitative estimate of drug-likeness (QED) is 0.886. The summed E-state index contributed by atoms with van der Waals surface area (Å²) in [7, 11) is -3.48. The van der Waals surface area contributed by atoms with Crippen molar-refractivity contribution in [1.82, 2.24) is 4.72 Å². The van der Waals surface area contributed by atoms with Gasteiger partial charge in [0.15, 0.2) is 0 Å². The van der Waals surface area contributed by atoms with Crippen LogP contribution in [-0.2, 0) is 16.4 Å². The molecule has 1 N–H and O–H groups in total. The fourth-order valence-electron chi connectivity index (χ4n) is 1.52. The maximum absolute atomic E-state index is 12.7. The van der Waals surface area contributed by atoms with E-state index in [0.29, 0.717) is 10.9 Å². The van der Waals surface area contributed by atoms with Gasteiger partial charge >= 0.3 is 0 Å². The second-order valence-corrected chi connectivity index (χ2v) is 7.56. The number of halogens is 2. The molecule has 0 aliphatic heterocycles. The average molecular weight is 364 g/mol. The molecular weight excluding hydrogens is 353 g/mol. The summed E-state index contributed by atoms with van der Waals surface area (Å²) in [5.74, 6) is -0.299. The summed E-state index contributed by atoms with van der Waals surface area (Å²) in [4.78, 5) is 0. The number of hydrogen-bond acceptors (Lipinski definition) is 3. The van der Waals surface area contributed by atoms with Crippen molar-refractivity contribution in [2.75, 3.05) is 6.54 Å². The Labute approximate surface area is 123 Å². The van der Waals surface area contributed by atoms with Gasteiger partial charge in [-0.25, -0.2) is 17.5 Å². The molecule has 0 unspecified atom stereocenters. The Morgan fingerprint density at radius 2 is 1.89 bits per heavy atom. The highest BCUT2D eigenvalue weighted by Crippen LogP contribution is 2.27. The fourth-order valence-corrected chi connectivity index (χ4v) is 4.93. The molecule has 102 valence electrons. The largest absolute Gasteiger partial charge is 0.251 e. The highest BCUT2D eigenvalue weighted by Gasteiger charge is 2.18. The Morgan fingerprint density at radius 3 is 2.47 bits per heavy atom. The maximum Gasteiger partial charge on any atom is 0.251 e. The van der Waals surface area contributed by atoms with Gasteiger partial charge in [-0.05, 0) is 51.5 Å². The number of rotatable bonds is 5. The van der Waals surface area contributed by atoms with Crippen molar-refractivity contribution in [1.29, 1.82) is 0 Å². The van der Waals surface area contributed by atoms with Crippen LogP contribution < -0.4 is 4.72 Å². The first-order valence-corrected chi connectivity index (χ1v) is 8.62. The average Bonchev–Trinajstić information content (AvgIpc) is 2.79. The van der Waals surface area contributed by atoms with Crippen molar-refractivity contribution in [3.05, 3.63) is 51.6 Å². The van der Waals surface area contributed by atoms with Crippen LogP contribution in [0.15, 0.2) is 44.4 Å². The van der Waals surface area contributed by atoms with Gasteiger partial charge in [-0.1, -0.05) is 12.1 Å². The standard InChI is InChI=1S/C12H11BrFNO2S2/c13-11-6-8-18-12(11)19(16,17)15-7-5-9-1-3-10(14)4-2-9/h1-4,6,8,15H,5,7H2. The zero-order valence-corrected chi connectivity index (χ0v) is 13.0. The fraction of sp³-hybridized carbons (Fsp3) is 0.167. The lowest BCUT2D eigenvalue weighted by molar-refractivity contribution is 0.583. The SMILES string of the molecule is O=S(=O)(NCCc1ccc(F)cc1)c1sccc1Br. The van der Waals surface area contributed by atoms with Crippen molar-refractivity contribution < 1.29 is 12.8 Å². The molecule has 0 atom stereocenters. The van der Waals surface area contributed by atoms with Crippen LogP contribution in [0.2, 0.25) is 0 Å². The molecule has 1 heterocycles. The van der Waals surface area contributed by atoms with E-state index in [1.54, 1.807) is 23.6 Å². The van der Waals surface area contributed by atoms with Gasteiger partial charge in [-0.2, -0.15) is 0 Å². The highest BCUT2D eigenvalue weighted by atomic mass is 79.9. The minimum absolute atomic E-state index is 0.270. The molecule has 0 amide bonds. The van der Waals surface area contributed by atoms with Gasteiger partial charge in [-0.15, -0.1) is 11.3 Å². The normalized spacial score (nSPS) is 11.7. The zero-order valence-electron chi connectivity index (χ0n) is 9.77. The molecule has 0 aliphatic carbocycles. The molecule has 2 aromatic rings. The first-order valence-electron chi connectivity index (χ1n) is 5.46. The van der Waals surface area contributed by atoms with Crippen molar-refractivity contribution in [3.63, 3.8) is 0 Å². The molecule has 3 nitrogen and oxygen atoms in total. The number of sulfonamides is 1. The Balaban J connectivity index is 1.96. The Bertz CT molecular complexity index is 653. The van der Waals surface area contributed by atoms with Gasteiger partial charge in [0.25, 0.3) is 10.0 Å². The molecule has 1 aromatic carbocycles. The van der Waals surface area contributed by atoms with Gasteiger partial charge in [0.05, 0.1) is 0 Å². The predicted molar refractivity (Wildman–Crippen MR) is 77.3 cm³/mol. The molecule has 1 aromatic heterocycles. The molecule has 19 heavy (non-hydrogen) atoms. The number of hydrogen-bond donors (Lipinski definition) is 1. The molecule has 0 radical (unpaired) electrons. The summed E-state index contributed by atoms with van der Waals surface area (Å²) in [6, 6.07) is 7.70. The zero-order chi connectivity index (χ0) is 13.9. The summed E-state index contributed by atoms with van der Waals surface area (Å²) in [6.07, 6.45) is 0.516. The summed E-state index contributed by atoms with van der Waals surface area (Å²) in [5.41, 5.74) is 0.884. The molecule has 0 spiro atoms. The first kappa shape index (κ1) is 14.6. The van der Waals surface area contributed by atoms with E-state index in [1.165, 1.54) is 12.1 Å². The number of nitrogens with one attached hydrogen (secondary N) is 1. The molecular formula is C12H11BrFNO2S2. The van der Waals surface area contributed by atoms with E-state index in [4.69, 9.17) is 0 Å². The van der Waals surface area contributed by atoms with E-state index < -0.39 is 10.0 Å². The molecule has 0 fully saturated rings. The second kappa shape index (κ2) is 6.13. The third kappa shape index (κ3) is 3.85. The lowest BCUT2D eigenvalue weighted by Crippen LogP contribution is -2.25. The molecule has 7 heteroatoms. The Hall–Kier alpha value is -0.760. The second-order valence-electron chi connectivity index (χ2n) is 3.83. The van der Waals surface area contributed by atoms with Crippen LogP contribution in [0.3, 0.4) is 0 Å². The summed E-state index contributed by atoms with van der Waals surface area (Å²) >= 11 is 4.35. The molecule has 2 rings (SSSR count). The Morgan fingerprint density at radius 1 is 1.21 bits per heavy atom. The van der Waals surface area contributed by atoms with Crippen LogP contribution in [0, 0.1) is 5.82 Å². The minimum Gasteiger partial charge on any atom is -0.210 e. The van der Waals surface area contributed by atoms with E-state index in [-0.39, 0.29) is 16.6 Å². The van der Waals surface area contributed by atoms with E-state index in [1.807, 2.05) is 0 Å². The highest BCUT2D eigenvalue weighted by molar-refractivity contribution is 9.10. The lowest BCUT2D eigenvalue weighted by atomic mass is 10.1. The number of thiophene rings is 1. The van der Waals surface area contributed by atoms with Gasteiger partial charge < -0.3 is 0 Å². The van der Waals surface area contributed by atoms with Crippen LogP contribution in [0.25, 0.3) is 0 Å². The minimum atomic E-state index is -3.48. The van der Waals surface area contributed by atoms with Crippen LogP contribution in [-0.4, -0.2) is 15.0 Å². The van der Waals surface area contributed by atoms with Gasteiger partial charge in [0, 0.05) is 11.0 Å². The molecule has 0 saturated carbocycles. The summed E-state index contributed by atoms with van der Waals surface area (Å²) in [6.45, 7) is 0.276. The van der Waals surface area contributed by atoms with Crippen molar-refractivity contribution in [2.24, 2.45) is 0 Å². The van der Waals surface area contributed by atoms with E-state index in [2.05, 4.69) is 20.7 Å². The van der Waals surface area contributed by atoms with Gasteiger partial charge in [0.2, 0.25) is 0 Å².